The average molecular weight is 307 g/mol. The van der Waals surface area contributed by atoms with Gasteiger partial charge in [0.05, 0.1) is 14.2 Å². The topological polar surface area (TPSA) is 84.9 Å². The van der Waals surface area contributed by atoms with Crippen molar-refractivity contribution in [3.8, 4) is 11.5 Å². The van der Waals surface area contributed by atoms with Gasteiger partial charge in [0.2, 0.25) is 5.91 Å². The molecular weight excluding hydrogens is 286 g/mol. The first kappa shape index (κ1) is 16.1. The summed E-state index contributed by atoms with van der Waals surface area (Å²) in [6, 6.07) is 4.63. The molecule has 1 aliphatic rings. The molecule has 22 heavy (non-hydrogen) atoms. The molecule has 1 aromatic carbocycles. The van der Waals surface area contributed by atoms with Gasteiger partial charge in [0.25, 0.3) is 0 Å². The molecule has 6 nitrogen and oxygen atoms in total. The van der Waals surface area contributed by atoms with E-state index >= 15 is 0 Å². The third-order valence-electron chi connectivity index (χ3n) is 3.78. The summed E-state index contributed by atoms with van der Waals surface area (Å²) in [5.74, 6) is 0.231. The number of aryl methyl sites for hydroxylation is 1. The SMILES string of the molecule is COc1ccc(OC)c(CCC(=O)NC(C(=O)O)C2CC2)c1. The monoisotopic (exact) mass is 307 g/mol. The van der Waals surface area contributed by atoms with Crippen molar-refractivity contribution in [2.45, 2.75) is 31.7 Å². The largest absolute Gasteiger partial charge is 0.497 e. The summed E-state index contributed by atoms with van der Waals surface area (Å²) >= 11 is 0. The number of amides is 1. The second kappa shape index (κ2) is 7.15. The lowest BCUT2D eigenvalue weighted by Crippen LogP contribution is -2.42. The van der Waals surface area contributed by atoms with Crippen molar-refractivity contribution in [2.24, 2.45) is 5.92 Å². The van der Waals surface area contributed by atoms with Crippen LogP contribution in [0.2, 0.25) is 0 Å². The third kappa shape index (κ3) is 4.13. The van der Waals surface area contributed by atoms with Gasteiger partial charge in [-0.1, -0.05) is 0 Å². The molecule has 1 unspecified atom stereocenters. The molecule has 1 saturated carbocycles. The number of aliphatic carboxylic acids is 1. The molecule has 1 fully saturated rings. The van der Waals surface area contributed by atoms with E-state index < -0.39 is 12.0 Å². The lowest BCUT2D eigenvalue weighted by molar-refractivity contribution is -0.142. The maximum Gasteiger partial charge on any atom is 0.326 e. The van der Waals surface area contributed by atoms with E-state index in [2.05, 4.69) is 5.32 Å². The molecule has 0 aromatic heterocycles. The van der Waals surface area contributed by atoms with E-state index in [-0.39, 0.29) is 18.2 Å². The molecule has 1 amide bonds. The molecule has 0 radical (unpaired) electrons. The Balaban J connectivity index is 1.94. The van der Waals surface area contributed by atoms with Gasteiger partial charge in [0, 0.05) is 6.42 Å². The molecule has 0 bridgehead atoms. The highest BCUT2D eigenvalue weighted by Crippen LogP contribution is 2.33. The van der Waals surface area contributed by atoms with Gasteiger partial charge in [-0.2, -0.15) is 0 Å². The van der Waals surface area contributed by atoms with Crippen LogP contribution < -0.4 is 14.8 Å². The first-order chi connectivity index (χ1) is 10.5. The zero-order valence-corrected chi connectivity index (χ0v) is 12.8. The zero-order chi connectivity index (χ0) is 16.1. The summed E-state index contributed by atoms with van der Waals surface area (Å²) in [6.45, 7) is 0. The summed E-state index contributed by atoms with van der Waals surface area (Å²) < 4.78 is 10.4. The Morgan fingerprint density at radius 2 is 2.05 bits per heavy atom. The van der Waals surface area contributed by atoms with E-state index in [1.165, 1.54) is 0 Å². The molecule has 0 aliphatic heterocycles. The summed E-state index contributed by atoms with van der Waals surface area (Å²) in [4.78, 5) is 23.1. The number of rotatable bonds is 8. The van der Waals surface area contributed by atoms with Crippen molar-refractivity contribution < 1.29 is 24.2 Å². The lowest BCUT2D eigenvalue weighted by Gasteiger charge is -2.14. The van der Waals surface area contributed by atoms with Crippen LogP contribution in [0.15, 0.2) is 18.2 Å². The number of carbonyl (C=O) groups excluding carboxylic acids is 1. The van der Waals surface area contributed by atoms with Crippen molar-refractivity contribution in [3.63, 3.8) is 0 Å². The van der Waals surface area contributed by atoms with Crippen LogP contribution in [0.3, 0.4) is 0 Å². The second-order valence-corrected chi connectivity index (χ2v) is 5.40. The number of carbonyl (C=O) groups is 2. The molecule has 0 heterocycles. The Labute approximate surface area is 129 Å². The van der Waals surface area contributed by atoms with Crippen LogP contribution >= 0.6 is 0 Å². The summed E-state index contributed by atoms with van der Waals surface area (Å²) in [7, 11) is 3.14. The van der Waals surface area contributed by atoms with E-state index in [0.29, 0.717) is 17.9 Å². The minimum atomic E-state index is -0.963. The van der Waals surface area contributed by atoms with Gasteiger partial charge >= 0.3 is 5.97 Å². The van der Waals surface area contributed by atoms with Gasteiger partial charge in [-0.15, -0.1) is 0 Å². The Morgan fingerprint density at radius 3 is 2.59 bits per heavy atom. The fourth-order valence-electron chi connectivity index (χ4n) is 2.38. The number of methoxy groups -OCH3 is 2. The van der Waals surface area contributed by atoms with E-state index in [4.69, 9.17) is 14.6 Å². The fraction of sp³-hybridized carbons (Fsp3) is 0.500. The Bertz CT molecular complexity index is 553. The second-order valence-electron chi connectivity index (χ2n) is 5.40. The summed E-state index contributed by atoms with van der Waals surface area (Å²) in [6.07, 6.45) is 2.39. The quantitative estimate of drug-likeness (QED) is 0.762. The summed E-state index contributed by atoms with van der Waals surface area (Å²) in [5, 5.41) is 11.7. The number of hydrogen-bond donors (Lipinski definition) is 2. The number of nitrogens with one attached hydrogen (secondary N) is 1. The van der Waals surface area contributed by atoms with Crippen LogP contribution in [-0.2, 0) is 16.0 Å². The number of carboxylic acids is 1. The number of hydrogen-bond acceptors (Lipinski definition) is 4. The molecule has 6 heteroatoms. The van der Waals surface area contributed by atoms with Crippen molar-refractivity contribution in [2.75, 3.05) is 14.2 Å². The molecule has 1 aromatic rings. The van der Waals surface area contributed by atoms with Crippen LogP contribution in [0, 0.1) is 5.92 Å². The normalized spacial score (nSPS) is 15.0. The molecule has 1 atom stereocenters. The van der Waals surface area contributed by atoms with Crippen molar-refractivity contribution in [1.29, 1.82) is 0 Å². The van der Waals surface area contributed by atoms with Crippen LogP contribution in [0.1, 0.15) is 24.8 Å². The predicted octanol–water partition coefficient (Wildman–Crippen LogP) is 1.62. The average Bonchev–Trinajstić information content (AvgIpc) is 3.34. The van der Waals surface area contributed by atoms with Crippen molar-refractivity contribution in [3.05, 3.63) is 23.8 Å². The highest BCUT2D eigenvalue weighted by molar-refractivity contribution is 5.84. The van der Waals surface area contributed by atoms with Gasteiger partial charge in [-0.3, -0.25) is 4.79 Å². The van der Waals surface area contributed by atoms with Crippen LogP contribution in [-0.4, -0.2) is 37.2 Å². The standard InChI is InChI=1S/C16H21NO5/c1-21-12-6-7-13(22-2)11(9-12)5-8-14(18)17-15(16(19)20)10-3-4-10/h6-7,9-10,15H,3-5,8H2,1-2H3,(H,17,18)(H,19,20). The Kier molecular flexibility index (Phi) is 5.25. The van der Waals surface area contributed by atoms with Crippen molar-refractivity contribution >= 4 is 11.9 Å². The third-order valence-corrected chi connectivity index (χ3v) is 3.78. The Morgan fingerprint density at radius 1 is 1.32 bits per heavy atom. The van der Waals surface area contributed by atoms with E-state index in [1.54, 1.807) is 26.4 Å². The van der Waals surface area contributed by atoms with Crippen LogP contribution in [0.4, 0.5) is 0 Å². The number of benzene rings is 1. The van der Waals surface area contributed by atoms with Crippen LogP contribution in [0.5, 0.6) is 11.5 Å². The highest BCUT2D eigenvalue weighted by atomic mass is 16.5. The molecule has 1 aliphatic carbocycles. The maximum atomic E-state index is 12.0. The van der Waals surface area contributed by atoms with Crippen LogP contribution in [0.25, 0.3) is 0 Å². The minimum Gasteiger partial charge on any atom is -0.497 e. The molecular formula is C16H21NO5. The lowest BCUT2D eigenvalue weighted by atomic mass is 10.1. The minimum absolute atomic E-state index is 0.0767. The maximum absolute atomic E-state index is 12.0. The van der Waals surface area contributed by atoms with E-state index in [0.717, 1.165) is 18.4 Å². The molecule has 2 N–H and O–H groups in total. The van der Waals surface area contributed by atoms with Gasteiger partial charge < -0.3 is 19.9 Å². The van der Waals surface area contributed by atoms with Crippen molar-refractivity contribution in [1.82, 2.24) is 5.32 Å². The molecule has 0 spiro atoms. The van der Waals surface area contributed by atoms with Gasteiger partial charge in [0.15, 0.2) is 0 Å². The highest BCUT2D eigenvalue weighted by Gasteiger charge is 2.37. The van der Waals surface area contributed by atoms with E-state index in [9.17, 15) is 9.59 Å². The molecule has 0 saturated heterocycles. The van der Waals surface area contributed by atoms with Gasteiger partial charge in [-0.25, -0.2) is 4.79 Å². The molecule has 120 valence electrons. The van der Waals surface area contributed by atoms with Gasteiger partial charge in [0.1, 0.15) is 17.5 Å². The first-order valence-corrected chi connectivity index (χ1v) is 7.28. The van der Waals surface area contributed by atoms with E-state index in [1.807, 2.05) is 6.07 Å². The fourth-order valence-corrected chi connectivity index (χ4v) is 2.38. The zero-order valence-electron chi connectivity index (χ0n) is 12.8. The summed E-state index contributed by atoms with van der Waals surface area (Å²) in [5.41, 5.74) is 0.857. The first-order valence-electron chi connectivity index (χ1n) is 7.28. The smallest absolute Gasteiger partial charge is 0.326 e. The predicted molar refractivity (Wildman–Crippen MR) is 80.2 cm³/mol. The number of ether oxygens (including phenoxy) is 2. The Hall–Kier alpha value is -2.24. The number of carboxylic acid groups (broad SMARTS) is 1. The molecule has 2 rings (SSSR count). The van der Waals surface area contributed by atoms with Gasteiger partial charge in [-0.05, 0) is 48.9 Å².